The fraction of sp³-hybridized carbons (Fsp3) is 0.524. The third-order valence-corrected chi connectivity index (χ3v) is 4.76. The van der Waals surface area contributed by atoms with Gasteiger partial charge >= 0.3 is 5.97 Å². The number of hydrogen-bond donors (Lipinski definition) is 1. The average Bonchev–Trinajstić information content (AvgIpc) is 2.74. The molecule has 136 valence electrons. The van der Waals surface area contributed by atoms with Crippen molar-refractivity contribution in [2.24, 2.45) is 10.8 Å². The Kier molecular flexibility index (Phi) is 4.62. The molecule has 25 heavy (non-hydrogen) atoms. The van der Waals surface area contributed by atoms with Gasteiger partial charge in [0, 0.05) is 16.4 Å². The van der Waals surface area contributed by atoms with Crippen molar-refractivity contribution in [3.8, 4) is 5.75 Å². The van der Waals surface area contributed by atoms with Crippen molar-refractivity contribution in [3.63, 3.8) is 0 Å². The molecule has 0 heterocycles. The first-order valence-corrected chi connectivity index (χ1v) is 8.54. The molecule has 0 amide bonds. The molecule has 0 saturated heterocycles. The lowest BCUT2D eigenvalue weighted by atomic mass is 9.75. The third-order valence-electron chi connectivity index (χ3n) is 4.76. The molecule has 0 spiro atoms. The van der Waals surface area contributed by atoms with Crippen LogP contribution in [0.5, 0.6) is 5.75 Å². The number of rotatable bonds is 4. The second kappa shape index (κ2) is 6.01. The molecule has 0 fully saturated rings. The Morgan fingerprint density at radius 3 is 2.28 bits per heavy atom. The van der Waals surface area contributed by atoms with Crippen LogP contribution in [0.15, 0.2) is 23.8 Å². The smallest absolute Gasteiger partial charge is 0.334 e. The number of fused-ring (bicyclic) bond motifs is 1. The number of ether oxygens (including phenoxy) is 1. The quantitative estimate of drug-likeness (QED) is 0.829. The molecule has 1 aliphatic rings. The van der Waals surface area contributed by atoms with E-state index in [9.17, 15) is 14.7 Å². The van der Waals surface area contributed by atoms with Gasteiger partial charge in [-0.3, -0.25) is 4.79 Å². The lowest BCUT2D eigenvalue weighted by Gasteiger charge is -2.31. The topological polar surface area (TPSA) is 63.6 Å². The largest absolute Gasteiger partial charge is 0.508 e. The van der Waals surface area contributed by atoms with Crippen LogP contribution in [0.2, 0.25) is 0 Å². The van der Waals surface area contributed by atoms with Gasteiger partial charge in [0.15, 0.2) is 0 Å². The number of benzene rings is 1. The van der Waals surface area contributed by atoms with E-state index in [1.807, 2.05) is 40.7 Å². The van der Waals surface area contributed by atoms with Crippen LogP contribution >= 0.6 is 0 Å². The molecule has 0 saturated carbocycles. The van der Waals surface area contributed by atoms with Gasteiger partial charge in [-0.1, -0.05) is 40.7 Å². The molecule has 0 bridgehead atoms. The summed E-state index contributed by atoms with van der Waals surface area (Å²) in [4.78, 5) is 25.2. The zero-order valence-electron chi connectivity index (χ0n) is 16.2. The minimum Gasteiger partial charge on any atom is -0.508 e. The second-order valence-corrected chi connectivity index (χ2v) is 8.99. The minimum absolute atomic E-state index is 0.0386. The normalized spacial score (nSPS) is 16.2. The van der Waals surface area contributed by atoms with Crippen molar-refractivity contribution in [2.75, 3.05) is 6.61 Å². The summed E-state index contributed by atoms with van der Waals surface area (Å²) in [5.41, 5.74) is 0.590. The number of esters is 1. The summed E-state index contributed by atoms with van der Waals surface area (Å²) in [5, 5.41) is 9.66. The van der Waals surface area contributed by atoms with Crippen LogP contribution in [-0.2, 0) is 19.7 Å². The van der Waals surface area contributed by atoms with Gasteiger partial charge in [-0.25, -0.2) is 4.79 Å². The number of Topliss-reactive ketones (excluding diaryl/α,β-unsaturated/α-hetero) is 1. The van der Waals surface area contributed by atoms with Gasteiger partial charge in [-0.2, -0.15) is 0 Å². The maximum absolute atomic E-state index is 12.7. The lowest BCUT2D eigenvalue weighted by Crippen LogP contribution is -2.39. The zero-order chi connectivity index (χ0) is 19.2. The number of aromatic hydroxyl groups is 1. The van der Waals surface area contributed by atoms with Crippen molar-refractivity contribution in [1.29, 1.82) is 0 Å². The van der Waals surface area contributed by atoms with E-state index in [1.165, 1.54) is 0 Å². The molecule has 1 aromatic rings. The first kappa shape index (κ1) is 19.2. The molecule has 0 radical (unpaired) electrons. The highest BCUT2D eigenvalue weighted by molar-refractivity contribution is 6.00. The number of phenolic OH excluding ortho intramolecular Hbond substituents is 1. The highest BCUT2D eigenvalue weighted by atomic mass is 16.5. The number of carbonyl (C=O) groups is 2. The highest BCUT2D eigenvalue weighted by Crippen LogP contribution is 2.43. The fourth-order valence-electron chi connectivity index (χ4n) is 3.44. The van der Waals surface area contributed by atoms with Crippen LogP contribution in [0.3, 0.4) is 0 Å². The SMILES string of the molecule is CC(C)(C)C(=O)C(C)(C)COC(=O)C1=Cc2cc(O)ccc2C1(C)C. The van der Waals surface area contributed by atoms with E-state index in [-0.39, 0.29) is 18.1 Å². The Morgan fingerprint density at radius 1 is 1.12 bits per heavy atom. The molecule has 1 aliphatic carbocycles. The van der Waals surface area contributed by atoms with Crippen molar-refractivity contribution in [3.05, 3.63) is 34.9 Å². The second-order valence-electron chi connectivity index (χ2n) is 8.99. The van der Waals surface area contributed by atoms with Gasteiger partial charge in [0.1, 0.15) is 18.1 Å². The summed E-state index contributed by atoms with van der Waals surface area (Å²) in [6.45, 7) is 13.1. The van der Waals surface area contributed by atoms with Crippen LogP contribution in [0.1, 0.15) is 59.6 Å². The van der Waals surface area contributed by atoms with E-state index in [1.54, 1.807) is 32.1 Å². The molecule has 0 aromatic heterocycles. The molecule has 0 unspecified atom stereocenters. The molecular weight excluding hydrogens is 316 g/mol. The van der Waals surface area contributed by atoms with Gasteiger partial charge in [-0.15, -0.1) is 0 Å². The maximum atomic E-state index is 12.7. The molecule has 0 atom stereocenters. The Morgan fingerprint density at radius 2 is 1.72 bits per heavy atom. The Hall–Kier alpha value is -2.10. The van der Waals surface area contributed by atoms with Gasteiger partial charge < -0.3 is 9.84 Å². The molecule has 1 aromatic carbocycles. The monoisotopic (exact) mass is 344 g/mol. The van der Waals surface area contributed by atoms with Gasteiger partial charge in [0.2, 0.25) is 0 Å². The van der Waals surface area contributed by atoms with E-state index >= 15 is 0 Å². The predicted octanol–water partition coefficient (Wildman–Crippen LogP) is 4.25. The molecule has 4 nitrogen and oxygen atoms in total. The van der Waals surface area contributed by atoms with Crippen LogP contribution in [-0.4, -0.2) is 23.5 Å². The van der Waals surface area contributed by atoms with Gasteiger partial charge in [-0.05, 0) is 43.2 Å². The number of hydrogen-bond acceptors (Lipinski definition) is 4. The highest BCUT2D eigenvalue weighted by Gasteiger charge is 2.40. The van der Waals surface area contributed by atoms with Gasteiger partial charge in [0.25, 0.3) is 0 Å². The molecule has 4 heteroatoms. The third kappa shape index (κ3) is 3.63. The number of phenols is 1. The predicted molar refractivity (Wildman–Crippen MR) is 98.3 cm³/mol. The summed E-state index contributed by atoms with van der Waals surface area (Å²) in [6, 6.07) is 5.09. The van der Waals surface area contributed by atoms with Crippen LogP contribution in [0.4, 0.5) is 0 Å². The van der Waals surface area contributed by atoms with Crippen LogP contribution < -0.4 is 0 Å². The van der Waals surface area contributed by atoms with E-state index < -0.39 is 22.2 Å². The first-order chi connectivity index (χ1) is 11.3. The van der Waals surface area contributed by atoms with Crippen LogP contribution in [0.25, 0.3) is 6.08 Å². The van der Waals surface area contributed by atoms with E-state index in [4.69, 9.17) is 4.74 Å². The van der Waals surface area contributed by atoms with E-state index in [0.29, 0.717) is 5.57 Å². The zero-order valence-corrected chi connectivity index (χ0v) is 16.2. The fourth-order valence-corrected chi connectivity index (χ4v) is 3.44. The van der Waals surface area contributed by atoms with Crippen molar-refractivity contribution in [1.82, 2.24) is 0 Å². The molecule has 0 aliphatic heterocycles. The Bertz CT molecular complexity index is 746. The summed E-state index contributed by atoms with van der Waals surface area (Å²) < 4.78 is 5.51. The van der Waals surface area contributed by atoms with Crippen LogP contribution in [0, 0.1) is 10.8 Å². The van der Waals surface area contributed by atoms with Crippen molar-refractivity contribution < 1.29 is 19.4 Å². The number of ketones is 1. The Labute approximate surface area is 149 Å². The summed E-state index contributed by atoms with van der Waals surface area (Å²) in [6.07, 6.45) is 1.76. The Balaban J connectivity index is 2.17. The van der Waals surface area contributed by atoms with Crippen molar-refractivity contribution >= 4 is 17.8 Å². The minimum atomic E-state index is -0.748. The summed E-state index contributed by atoms with van der Waals surface area (Å²) >= 11 is 0. The molecular formula is C21H28O4. The standard InChI is InChI=1S/C21H28O4/c1-19(2,3)18(24)20(4,5)12-25-17(23)16-11-13-10-14(22)8-9-15(13)21(16,6)7/h8-11,22H,12H2,1-7H3. The summed E-state index contributed by atoms with van der Waals surface area (Å²) in [5.74, 6) is -0.200. The van der Waals surface area contributed by atoms with Gasteiger partial charge in [0.05, 0.1) is 5.41 Å². The average molecular weight is 344 g/mol. The molecule has 2 rings (SSSR count). The van der Waals surface area contributed by atoms with E-state index in [0.717, 1.165) is 11.1 Å². The first-order valence-electron chi connectivity index (χ1n) is 8.54. The summed E-state index contributed by atoms with van der Waals surface area (Å²) in [7, 11) is 0. The van der Waals surface area contributed by atoms with E-state index in [2.05, 4.69) is 0 Å². The lowest BCUT2D eigenvalue weighted by molar-refractivity contribution is -0.148. The van der Waals surface area contributed by atoms with Crippen molar-refractivity contribution in [2.45, 2.75) is 53.9 Å². The number of carbonyl (C=O) groups excluding carboxylic acids is 2. The maximum Gasteiger partial charge on any atom is 0.334 e. The molecule has 1 N–H and O–H groups in total.